The van der Waals surface area contributed by atoms with Crippen LogP contribution in [0, 0.1) is 0 Å². The van der Waals surface area contributed by atoms with E-state index in [9.17, 15) is 9.90 Å². The smallest absolute Gasteiger partial charge is 0.329 e. The SMILES string of the molecule is CC(CN1CCN(C(c2ccccc2)c2ccc(Cl)cc2)CC1)(OCC(=O)O)c1ccccc1.Cl. The van der Waals surface area contributed by atoms with Gasteiger partial charge >= 0.3 is 5.97 Å². The zero-order valence-corrected chi connectivity index (χ0v) is 21.4. The molecule has 0 aromatic heterocycles. The van der Waals surface area contributed by atoms with Crippen LogP contribution in [0.15, 0.2) is 84.9 Å². The molecule has 2 atom stereocenters. The van der Waals surface area contributed by atoms with Crippen molar-refractivity contribution in [2.24, 2.45) is 0 Å². The van der Waals surface area contributed by atoms with Gasteiger partial charge < -0.3 is 9.84 Å². The van der Waals surface area contributed by atoms with Crippen LogP contribution in [0.4, 0.5) is 0 Å². The van der Waals surface area contributed by atoms with E-state index in [1.54, 1.807) is 0 Å². The number of carboxylic acids is 1. The molecule has 0 spiro atoms. The van der Waals surface area contributed by atoms with E-state index in [-0.39, 0.29) is 25.1 Å². The number of hydrogen-bond acceptors (Lipinski definition) is 4. The molecule has 0 radical (unpaired) electrons. The van der Waals surface area contributed by atoms with Crippen molar-refractivity contribution in [3.05, 3.63) is 107 Å². The highest BCUT2D eigenvalue weighted by atomic mass is 35.5. The van der Waals surface area contributed by atoms with Gasteiger partial charge in [0.15, 0.2) is 0 Å². The lowest BCUT2D eigenvalue weighted by molar-refractivity contribution is -0.151. The molecule has 1 aliphatic rings. The molecule has 186 valence electrons. The third kappa shape index (κ3) is 7.06. The van der Waals surface area contributed by atoms with Crippen LogP contribution in [-0.2, 0) is 15.1 Å². The first kappa shape index (κ1) is 27.2. The Hall–Kier alpha value is -2.41. The van der Waals surface area contributed by atoms with E-state index in [2.05, 4.69) is 46.2 Å². The maximum atomic E-state index is 11.2. The summed E-state index contributed by atoms with van der Waals surface area (Å²) < 4.78 is 5.94. The fourth-order valence-electron chi connectivity index (χ4n) is 4.73. The van der Waals surface area contributed by atoms with E-state index in [1.165, 1.54) is 11.1 Å². The Morgan fingerprint density at radius 2 is 1.46 bits per heavy atom. The first-order valence-electron chi connectivity index (χ1n) is 11.6. The molecule has 35 heavy (non-hydrogen) atoms. The van der Waals surface area contributed by atoms with E-state index in [1.807, 2.05) is 55.5 Å². The lowest BCUT2D eigenvalue weighted by atomic mass is 9.94. The molecule has 1 saturated heterocycles. The molecule has 0 amide bonds. The quantitative estimate of drug-likeness (QED) is 0.409. The number of carbonyl (C=O) groups is 1. The molecule has 4 rings (SSSR count). The molecule has 1 N–H and O–H groups in total. The van der Waals surface area contributed by atoms with Gasteiger partial charge in [-0.2, -0.15) is 0 Å². The van der Waals surface area contributed by atoms with Crippen molar-refractivity contribution >= 4 is 30.0 Å². The maximum Gasteiger partial charge on any atom is 0.329 e. The number of ether oxygens (including phenoxy) is 1. The molecular weight excluding hydrogens is 483 g/mol. The van der Waals surface area contributed by atoms with Crippen molar-refractivity contribution in [3.63, 3.8) is 0 Å². The first-order chi connectivity index (χ1) is 16.4. The number of aliphatic carboxylic acids is 1. The Morgan fingerprint density at radius 1 is 0.914 bits per heavy atom. The summed E-state index contributed by atoms with van der Waals surface area (Å²) in [5.74, 6) is -0.958. The Bertz CT molecular complexity index is 1060. The number of benzene rings is 3. The van der Waals surface area contributed by atoms with Gasteiger partial charge in [0.25, 0.3) is 0 Å². The molecule has 1 heterocycles. The second-order valence-electron chi connectivity index (χ2n) is 8.96. The zero-order chi connectivity index (χ0) is 24.0. The molecule has 0 aliphatic carbocycles. The van der Waals surface area contributed by atoms with Crippen LogP contribution in [0.25, 0.3) is 0 Å². The van der Waals surface area contributed by atoms with E-state index in [4.69, 9.17) is 16.3 Å². The van der Waals surface area contributed by atoms with Gasteiger partial charge in [-0.05, 0) is 35.7 Å². The molecule has 3 aromatic carbocycles. The molecule has 3 aromatic rings. The third-order valence-electron chi connectivity index (χ3n) is 6.50. The Balaban J connectivity index is 0.00000342. The van der Waals surface area contributed by atoms with Gasteiger partial charge in [0.05, 0.1) is 6.04 Å². The predicted molar refractivity (Wildman–Crippen MR) is 142 cm³/mol. The molecule has 1 aliphatic heterocycles. The van der Waals surface area contributed by atoms with Crippen LogP contribution >= 0.6 is 24.0 Å². The van der Waals surface area contributed by atoms with Gasteiger partial charge in [-0.25, -0.2) is 4.79 Å². The summed E-state index contributed by atoms with van der Waals surface area (Å²) in [5.41, 5.74) is 2.78. The summed E-state index contributed by atoms with van der Waals surface area (Å²) in [6.07, 6.45) is 0. The topological polar surface area (TPSA) is 53.0 Å². The number of carboxylic acid groups (broad SMARTS) is 1. The normalized spacial score (nSPS) is 17.2. The van der Waals surface area contributed by atoms with Crippen molar-refractivity contribution in [1.82, 2.24) is 9.80 Å². The van der Waals surface area contributed by atoms with Gasteiger partial charge in [0, 0.05) is 37.7 Å². The molecule has 0 bridgehead atoms. The number of piperazine rings is 1. The monoisotopic (exact) mass is 514 g/mol. The van der Waals surface area contributed by atoms with Crippen LogP contribution < -0.4 is 0 Å². The van der Waals surface area contributed by atoms with Crippen molar-refractivity contribution in [3.8, 4) is 0 Å². The summed E-state index contributed by atoms with van der Waals surface area (Å²) in [7, 11) is 0. The largest absolute Gasteiger partial charge is 0.480 e. The van der Waals surface area contributed by atoms with Gasteiger partial charge in [-0.15, -0.1) is 12.4 Å². The summed E-state index contributed by atoms with van der Waals surface area (Å²) in [5, 5.41) is 9.94. The highest BCUT2D eigenvalue weighted by Crippen LogP contribution is 2.32. The lowest BCUT2D eigenvalue weighted by Crippen LogP contribution is -2.52. The van der Waals surface area contributed by atoms with Crippen molar-refractivity contribution < 1.29 is 14.6 Å². The minimum absolute atomic E-state index is 0. The molecule has 5 nitrogen and oxygen atoms in total. The number of hydrogen-bond donors (Lipinski definition) is 1. The van der Waals surface area contributed by atoms with Gasteiger partial charge in [-0.3, -0.25) is 9.80 Å². The minimum atomic E-state index is -0.958. The average molecular weight is 515 g/mol. The van der Waals surface area contributed by atoms with Crippen LogP contribution in [0.5, 0.6) is 0 Å². The number of halogens is 2. The Morgan fingerprint density at radius 3 is 2.03 bits per heavy atom. The second kappa shape index (κ2) is 12.5. The zero-order valence-electron chi connectivity index (χ0n) is 19.8. The highest BCUT2D eigenvalue weighted by molar-refractivity contribution is 6.30. The highest BCUT2D eigenvalue weighted by Gasteiger charge is 2.34. The van der Waals surface area contributed by atoms with Crippen LogP contribution in [0.2, 0.25) is 5.02 Å². The van der Waals surface area contributed by atoms with Crippen molar-refractivity contribution in [2.75, 3.05) is 39.3 Å². The first-order valence-corrected chi connectivity index (χ1v) is 12.0. The minimum Gasteiger partial charge on any atom is -0.480 e. The fourth-order valence-corrected chi connectivity index (χ4v) is 4.86. The van der Waals surface area contributed by atoms with E-state index in [0.29, 0.717) is 6.54 Å². The summed E-state index contributed by atoms with van der Waals surface area (Å²) in [6, 6.07) is 28.7. The van der Waals surface area contributed by atoms with Crippen LogP contribution in [0.3, 0.4) is 0 Å². The van der Waals surface area contributed by atoms with Gasteiger partial charge in [-0.1, -0.05) is 84.4 Å². The van der Waals surface area contributed by atoms with Crippen LogP contribution in [-0.4, -0.2) is 60.2 Å². The van der Waals surface area contributed by atoms with Crippen LogP contribution in [0.1, 0.15) is 29.7 Å². The molecule has 1 fully saturated rings. The molecular formula is C28H32Cl2N2O3. The van der Waals surface area contributed by atoms with Gasteiger partial charge in [0.2, 0.25) is 0 Å². The van der Waals surface area contributed by atoms with E-state index in [0.717, 1.165) is 36.8 Å². The standard InChI is InChI=1S/C28H31ClN2O3.ClH/c1-28(34-20-26(32)33,24-10-6-3-7-11-24)21-30-16-18-31(19-17-30)27(22-8-4-2-5-9-22)23-12-14-25(29)15-13-23;/h2-15,27H,16-21H2,1H3,(H,32,33);1H. The van der Waals surface area contributed by atoms with E-state index < -0.39 is 11.6 Å². The summed E-state index contributed by atoms with van der Waals surface area (Å²) >= 11 is 6.16. The summed E-state index contributed by atoms with van der Waals surface area (Å²) in [4.78, 5) is 16.1. The Labute approximate surface area is 218 Å². The second-order valence-corrected chi connectivity index (χ2v) is 9.39. The molecule has 7 heteroatoms. The predicted octanol–water partition coefficient (Wildman–Crippen LogP) is 5.49. The Kier molecular flexibility index (Phi) is 9.72. The lowest BCUT2D eigenvalue weighted by Gasteiger charge is -2.43. The van der Waals surface area contributed by atoms with Crippen molar-refractivity contribution in [1.29, 1.82) is 0 Å². The van der Waals surface area contributed by atoms with Gasteiger partial charge in [0.1, 0.15) is 12.2 Å². The molecule has 0 saturated carbocycles. The van der Waals surface area contributed by atoms with E-state index >= 15 is 0 Å². The number of nitrogens with zero attached hydrogens (tertiary/aromatic N) is 2. The number of rotatable bonds is 9. The maximum absolute atomic E-state index is 11.2. The third-order valence-corrected chi connectivity index (χ3v) is 6.75. The molecule has 2 unspecified atom stereocenters. The van der Waals surface area contributed by atoms with Crippen molar-refractivity contribution in [2.45, 2.75) is 18.6 Å². The fraction of sp³-hybridized carbons (Fsp3) is 0.321. The average Bonchev–Trinajstić information content (AvgIpc) is 2.86. The summed E-state index contributed by atoms with van der Waals surface area (Å²) in [6.45, 7) is 5.83.